The van der Waals surface area contributed by atoms with E-state index in [1.807, 2.05) is 0 Å². The fourth-order valence-corrected chi connectivity index (χ4v) is 1.03. The first-order valence-corrected chi connectivity index (χ1v) is 6.11. The first kappa shape index (κ1) is 13.3. The molecule has 1 atom stereocenters. The summed E-state index contributed by atoms with van der Waals surface area (Å²) in [5.41, 5.74) is 0. The summed E-state index contributed by atoms with van der Waals surface area (Å²) in [6.45, 7) is 2.59. The predicted molar refractivity (Wildman–Crippen MR) is 52.4 cm³/mol. The van der Waals surface area contributed by atoms with Crippen molar-refractivity contribution in [3.8, 4) is 0 Å². The van der Waals surface area contributed by atoms with Crippen LogP contribution in [0, 0.1) is 0 Å². The zero-order valence-corrected chi connectivity index (χ0v) is 9.23. The van der Waals surface area contributed by atoms with Crippen molar-refractivity contribution in [3.05, 3.63) is 0 Å². The first-order valence-electron chi connectivity index (χ1n) is 3.96. The molecule has 13 heavy (non-hydrogen) atoms. The molecule has 4 nitrogen and oxygen atoms in total. The van der Waals surface area contributed by atoms with Crippen LogP contribution in [-0.2, 0) is 24.2 Å². The zero-order valence-electron chi connectivity index (χ0n) is 7.66. The summed E-state index contributed by atoms with van der Waals surface area (Å²) < 4.78 is 25.3. The molecule has 0 aliphatic carbocycles. The Morgan fingerprint density at radius 1 is 1.08 bits per heavy atom. The van der Waals surface area contributed by atoms with Gasteiger partial charge in [-0.1, -0.05) is 0 Å². The van der Waals surface area contributed by atoms with Crippen LogP contribution in [0.1, 0.15) is 0 Å². The van der Waals surface area contributed by atoms with Crippen LogP contribution >= 0.6 is 10.7 Å². The normalized spacial score (nSPS) is 13.1. The van der Waals surface area contributed by atoms with E-state index in [0.717, 1.165) is 0 Å². The highest BCUT2D eigenvalue weighted by molar-refractivity contribution is 8.08. The first-order chi connectivity index (χ1) is 6.27. The average molecular weight is 231 g/mol. The Morgan fingerprint density at radius 2 is 1.62 bits per heavy atom. The molecule has 80 valence electrons. The molecule has 0 aromatic rings. The van der Waals surface area contributed by atoms with Crippen LogP contribution in [0.3, 0.4) is 0 Å². The Kier molecular flexibility index (Phi) is 10.7. The van der Waals surface area contributed by atoms with Gasteiger partial charge in [0.25, 0.3) is 0 Å². The van der Waals surface area contributed by atoms with Gasteiger partial charge in [0, 0.05) is 7.11 Å². The molecule has 0 spiro atoms. The molecule has 0 rings (SSSR count). The van der Waals surface area contributed by atoms with Gasteiger partial charge in [-0.05, 0) is 10.7 Å². The van der Waals surface area contributed by atoms with Crippen molar-refractivity contribution in [2.24, 2.45) is 0 Å². The Bertz CT molecular complexity index is 134. The minimum Gasteiger partial charge on any atom is -0.382 e. The van der Waals surface area contributed by atoms with Crippen LogP contribution in [0.15, 0.2) is 0 Å². The minimum absolute atomic E-state index is 0.361. The van der Waals surface area contributed by atoms with Gasteiger partial charge in [0.1, 0.15) is 10.0 Å². The SMILES string of the molecule is COCCOCCOCCS(=O)Cl. The lowest BCUT2D eigenvalue weighted by atomic mass is 10.7. The second-order valence-corrected chi connectivity index (χ2v) is 4.23. The number of ether oxygens (including phenoxy) is 3. The van der Waals surface area contributed by atoms with Gasteiger partial charge in [0.2, 0.25) is 0 Å². The molecule has 0 saturated carbocycles. The van der Waals surface area contributed by atoms with Crippen LogP contribution < -0.4 is 0 Å². The van der Waals surface area contributed by atoms with Gasteiger partial charge in [-0.25, -0.2) is 4.21 Å². The zero-order chi connectivity index (χ0) is 9.94. The van der Waals surface area contributed by atoms with Crippen LogP contribution in [-0.4, -0.2) is 50.1 Å². The largest absolute Gasteiger partial charge is 0.382 e. The Morgan fingerprint density at radius 3 is 2.15 bits per heavy atom. The summed E-state index contributed by atoms with van der Waals surface area (Å²) in [5.74, 6) is 0.361. The summed E-state index contributed by atoms with van der Waals surface area (Å²) in [6.07, 6.45) is 0. The maximum atomic E-state index is 10.4. The van der Waals surface area contributed by atoms with E-state index in [1.54, 1.807) is 7.11 Å². The van der Waals surface area contributed by atoms with E-state index < -0.39 is 10.0 Å². The highest BCUT2D eigenvalue weighted by Crippen LogP contribution is 1.88. The van der Waals surface area contributed by atoms with Crippen LogP contribution in [0.4, 0.5) is 0 Å². The smallest absolute Gasteiger partial charge is 0.117 e. The van der Waals surface area contributed by atoms with E-state index in [-0.39, 0.29) is 0 Å². The molecule has 0 aromatic carbocycles. The van der Waals surface area contributed by atoms with Gasteiger partial charge in [-0.2, -0.15) is 0 Å². The molecule has 0 aliphatic heterocycles. The van der Waals surface area contributed by atoms with Crippen molar-refractivity contribution in [2.45, 2.75) is 0 Å². The lowest BCUT2D eigenvalue weighted by Gasteiger charge is -2.03. The number of hydrogen-bond donors (Lipinski definition) is 0. The Balaban J connectivity index is 2.87. The molecule has 0 fully saturated rings. The molecular weight excluding hydrogens is 216 g/mol. The summed E-state index contributed by atoms with van der Waals surface area (Å²) in [7, 11) is 5.53. The molecular formula is C7H15ClO4S. The minimum atomic E-state index is -1.29. The van der Waals surface area contributed by atoms with E-state index >= 15 is 0 Å². The van der Waals surface area contributed by atoms with Crippen LogP contribution in [0.25, 0.3) is 0 Å². The molecule has 0 heterocycles. The number of hydrogen-bond acceptors (Lipinski definition) is 4. The molecule has 0 bridgehead atoms. The van der Waals surface area contributed by atoms with Crippen molar-refractivity contribution in [3.63, 3.8) is 0 Å². The van der Waals surface area contributed by atoms with E-state index in [4.69, 9.17) is 24.9 Å². The molecule has 0 aromatic heterocycles. The Hall–Kier alpha value is 0.320. The van der Waals surface area contributed by atoms with Crippen molar-refractivity contribution in [2.75, 3.05) is 45.9 Å². The lowest BCUT2D eigenvalue weighted by Crippen LogP contribution is -2.10. The standard InChI is InChI=1S/C7H15ClO4S/c1-10-2-3-11-4-5-12-6-7-13(8)9/h2-7H2,1H3. The van der Waals surface area contributed by atoms with E-state index in [9.17, 15) is 4.21 Å². The molecule has 0 amide bonds. The van der Waals surface area contributed by atoms with Crippen LogP contribution in [0.2, 0.25) is 0 Å². The van der Waals surface area contributed by atoms with Crippen molar-refractivity contribution >= 4 is 20.7 Å². The summed E-state index contributed by atoms with van der Waals surface area (Å²) in [4.78, 5) is 0. The lowest BCUT2D eigenvalue weighted by molar-refractivity contribution is 0.0285. The van der Waals surface area contributed by atoms with Crippen LogP contribution in [0.5, 0.6) is 0 Å². The number of halogens is 1. The van der Waals surface area contributed by atoms with Gasteiger partial charge in [-0.15, -0.1) is 0 Å². The van der Waals surface area contributed by atoms with E-state index in [1.165, 1.54) is 0 Å². The third kappa shape index (κ3) is 12.3. The molecule has 0 aliphatic rings. The molecule has 0 saturated heterocycles. The third-order valence-corrected chi connectivity index (χ3v) is 2.14. The second-order valence-electron chi connectivity index (χ2n) is 2.21. The maximum absolute atomic E-state index is 10.4. The molecule has 0 N–H and O–H groups in total. The van der Waals surface area contributed by atoms with E-state index in [2.05, 4.69) is 0 Å². The fraction of sp³-hybridized carbons (Fsp3) is 1.00. The van der Waals surface area contributed by atoms with Crippen molar-refractivity contribution in [1.82, 2.24) is 0 Å². The second kappa shape index (κ2) is 10.4. The van der Waals surface area contributed by atoms with Gasteiger partial charge in [0.15, 0.2) is 0 Å². The third-order valence-electron chi connectivity index (χ3n) is 1.19. The van der Waals surface area contributed by atoms with Gasteiger partial charge in [0.05, 0.1) is 38.8 Å². The fourth-order valence-electron chi connectivity index (χ4n) is 0.589. The summed E-state index contributed by atoms with van der Waals surface area (Å²) in [5, 5.41) is 0. The van der Waals surface area contributed by atoms with E-state index in [0.29, 0.717) is 38.8 Å². The van der Waals surface area contributed by atoms with Crippen molar-refractivity contribution < 1.29 is 18.4 Å². The monoisotopic (exact) mass is 230 g/mol. The average Bonchev–Trinajstić information content (AvgIpc) is 2.09. The predicted octanol–water partition coefficient (Wildman–Crippen LogP) is 0.569. The maximum Gasteiger partial charge on any atom is 0.117 e. The van der Waals surface area contributed by atoms with Gasteiger partial charge >= 0.3 is 0 Å². The molecule has 1 unspecified atom stereocenters. The number of methoxy groups -OCH3 is 1. The topological polar surface area (TPSA) is 44.8 Å². The summed E-state index contributed by atoms with van der Waals surface area (Å²) in [6, 6.07) is 0. The quantitative estimate of drug-likeness (QED) is 0.429. The Labute approximate surface area is 85.5 Å². The summed E-state index contributed by atoms with van der Waals surface area (Å²) >= 11 is 0. The van der Waals surface area contributed by atoms with Crippen molar-refractivity contribution in [1.29, 1.82) is 0 Å². The van der Waals surface area contributed by atoms with Gasteiger partial charge in [-0.3, -0.25) is 0 Å². The highest BCUT2D eigenvalue weighted by Gasteiger charge is 1.93. The highest BCUT2D eigenvalue weighted by atomic mass is 35.7. The molecule has 0 radical (unpaired) electrons. The molecule has 6 heteroatoms. The number of rotatable bonds is 9. The van der Waals surface area contributed by atoms with Gasteiger partial charge < -0.3 is 14.2 Å².